The Morgan fingerprint density at radius 2 is 1.77 bits per heavy atom. The van der Waals surface area contributed by atoms with Crippen LogP contribution >= 0.6 is 23.2 Å². The number of carbonyl (C=O) groups is 2. The third-order valence-corrected chi connectivity index (χ3v) is 3.66. The van der Waals surface area contributed by atoms with Gasteiger partial charge < -0.3 is 0 Å². The summed E-state index contributed by atoms with van der Waals surface area (Å²) in [6.07, 6.45) is 0.0457. The minimum atomic E-state index is -0.369. The Morgan fingerprint density at radius 1 is 1.05 bits per heavy atom. The number of rotatable bonds is 3. The third-order valence-electron chi connectivity index (χ3n) is 3.07. The molecule has 0 unspecified atom stereocenters. The summed E-state index contributed by atoms with van der Waals surface area (Å²) in [5, 5.41) is 0.912. The van der Waals surface area contributed by atoms with E-state index in [1.807, 2.05) is 19.1 Å². The fraction of sp³-hybridized carbons (Fsp3) is 0.125. The summed E-state index contributed by atoms with van der Waals surface area (Å²) in [6, 6.07) is 12.0. The molecule has 22 heavy (non-hydrogen) atoms. The van der Waals surface area contributed by atoms with Crippen molar-refractivity contribution in [3.8, 4) is 0 Å². The van der Waals surface area contributed by atoms with Crippen LogP contribution < -0.4 is 10.9 Å². The lowest BCUT2D eigenvalue weighted by Gasteiger charge is -2.09. The molecule has 114 valence electrons. The molecule has 0 atom stereocenters. The van der Waals surface area contributed by atoms with E-state index >= 15 is 0 Å². The van der Waals surface area contributed by atoms with Gasteiger partial charge in [-0.2, -0.15) is 0 Å². The molecule has 2 aromatic rings. The summed E-state index contributed by atoms with van der Waals surface area (Å²) in [4.78, 5) is 23.8. The molecule has 0 aliphatic heterocycles. The standard InChI is InChI=1S/C16H14Cl2N2O2/c1-10-4-2-3-5-13(10)16(22)20-19-15(21)8-11-6-7-12(17)9-14(11)18/h2-7,9H,8H2,1H3,(H,19,21)(H,20,22). The normalized spacial score (nSPS) is 10.1. The smallest absolute Gasteiger partial charge is 0.269 e. The van der Waals surface area contributed by atoms with Gasteiger partial charge in [0, 0.05) is 15.6 Å². The number of amides is 2. The first kappa shape index (κ1) is 16.3. The van der Waals surface area contributed by atoms with E-state index in [2.05, 4.69) is 10.9 Å². The molecule has 2 aromatic carbocycles. The molecular formula is C16H14Cl2N2O2. The first-order valence-corrected chi connectivity index (χ1v) is 7.31. The molecule has 0 fully saturated rings. The van der Waals surface area contributed by atoms with Gasteiger partial charge in [0.05, 0.1) is 6.42 Å². The van der Waals surface area contributed by atoms with Crippen molar-refractivity contribution in [2.45, 2.75) is 13.3 Å². The van der Waals surface area contributed by atoms with E-state index in [1.54, 1.807) is 30.3 Å². The Labute approximate surface area is 138 Å². The number of hydrogen-bond acceptors (Lipinski definition) is 2. The highest BCUT2D eigenvalue weighted by Gasteiger charge is 2.11. The van der Waals surface area contributed by atoms with Gasteiger partial charge in [-0.15, -0.1) is 0 Å². The largest absolute Gasteiger partial charge is 0.273 e. The molecule has 0 aliphatic rings. The van der Waals surface area contributed by atoms with Crippen molar-refractivity contribution in [2.75, 3.05) is 0 Å². The summed E-state index contributed by atoms with van der Waals surface area (Å²) >= 11 is 11.8. The summed E-state index contributed by atoms with van der Waals surface area (Å²) in [6.45, 7) is 1.82. The molecular weight excluding hydrogens is 323 g/mol. The van der Waals surface area contributed by atoms with Crippen LogP contribution in [0.15, 0.2) is 42.5 Å². The van der Waals surface area contributed by atoms with Crippen LogP contribution in [0.25, 0.3) is 0 Å². The van der Waals surface area contributed by atoms with Gasteiger partial charge in [-0.1, -0.05) is 47.5 Å². The van der Waals surface area contributed by atoms with E-state index in [9.17, 15) is 9.59 Å². The molecule has 2 amide bonds. The molecule has 6 heteroatoms. The number of halogens is 2. The Kier molecular flexibility index (Phi) is 5.41. The summed E-state index contributed by atoms with van der Waals surface area (Å²) in [7, 11) is 0. The number of nitrogens with one attached hydrogen (secondary N) is 2. The van der Waals surface area contributed by atoms with Crippen molar-refractivity contribution < 1.29 is 9.59 Å². The van der Waals surface area contributed by atoms with Gasteiger partial charge in [0.15, 0.2) is 0 Å². The van der Waals surface area contributed by atoms with Gasteiger partial charge in [0.2, 0.25) is 5.91 Å². The molecule has 2 rings (SSSR count). The number of aryl methyl sites for hydroxylation is 1. The van der Waals surface area contributed by atoms with Crippen LogP contribution in [0.1, 0.15) is 21.5 Å². The van der Waals surface area contributed by atoms with Crippen molar-refractivity contribution in [1.82, 2.24) is 10.9 Å². The van der Waals surface area contributed by atoms with Crippen molar-refractivity contribution in [3.63, 3.8) is 0 Å². The van der Waals surface area contributed by atoms with Crippen LogP contribution in [0.3, 0.4) is 0 Å². The zero-order chi connectivity index (χ0) is 16.1. The zero-order valence-electron chi connectivity index (χ0n) is 11.8. The highest BCUT2D eigenvalue weighted by Crippen LogP contribution is 2.21. The lowest BCUT2D eigenvalue weighted by Crippen LogP contribution is -2.42. The Bertz CT molecular complexity index is 717. The number of hydrogen-bond donors (Lipinski definition) is 2. The lowest BCUT2D eigenvalue weighted by molar-refractivity contribution is -0.121. The Hall–Kier alpha value is -2.04. The molecule has 0 heterocycles. The van der Waals surface area contributed by atoms with Gasteiger partial charge in [-0.05, 0) is 36.2 Å². The topological polar surface area (TPSA) is 58.2 Å². The molecule has 2 N–H and O–H groups in total. The molecule has 0 aliphatic carbocycles. The monoisotopic (exact) mass is 336 g/mol. The fourth-order valence-electron chi connectivity index (χ4n) is 1.90. The summed E-state index contributed by atoms with van der Waals surface area (Å²) in [5.74, 6) is -0.736. The number of carbonyl (C=O) groups excluding carboxylic acids is 2. The van der Waals surface area contributed by atoms with Crippen LogP contribution in [-0.4, -0.2) is 11.8 Å². The van der Waals surface area contributed by atoms with Gasteiger partial charge in [-0.25, -0.2) is 0 Å². The van der Waals surface area contributed by atoms with Crippen molar-refractivity contribution in [3.05, 3.63) is 69.2 Å². The maximum absolute atomic E-state index is 12.0. The average molecular weight is 337 g/mol. The predicted octanol–water partition coefficient (Wildman–Crippen LogP) is 3.31. The van der Waals surface area contributed by atoms with Crippen molar-refractivity contribution in [2.24, 2.45) is 0 Å². The third kappa shape index (κ3) is 4.23. The average Bonchev–Trinajstić information content (AvgIpc) is 2.48. The van der Waals surface area contributed by atoms with E-state index in [0.29, 0.717) is 21.2 Å². The Balaban J connectivity index is 1.93. The molecule has 0 bridgehead atoms. The van der Waals surface area contributed by atoms with Crippen LogP contribution in [0, 0.1) is 6.92 Å². The van der Waals surface area contributed by atoms with Gasteiger partial charge in [0.25, 0.3) is 5.91 Å². The maximum atomic E-state index is 12.0. The summed E-state index contributed by atoms with van der Waals surface area (Å²) in [5.41, 5.74) is 6.72. The number of hydrazine groups is 1. The maximum Gasteiger partial charge on any atom is 0.269 e. The van der Waals surface area contributed by atoms with Crippen molar-refractivity contribution in [1.29, 1.82) is 0 Å². The molecule has 0 spiro atoms. The van der Waals surface area contributed by atoms with Crippen molar-refractivity contribution >= 4 is 35.0 Å². The fourth-order valence-corrected chi connectivity index (χ4v) is 2.38. The second-order valence-electron chi connectivity index (χ2n) is 4.73. The SMILES string of the molecule is Cc1ccccc1C(=O)NNC(=O)Cc1ccc(Cl)cc1Cl. The highest BCUT2D eigenvalue weighted by molar-refractivity contribution is 6.35. The van der Waals surface area contributed by atoms with Gasteiger partial charge >= 0.3 is 0 Å². The Morgan fingerprint density at radius 3 is 2.45 bits per heavy atom. The molecule has 0 radical (unpaired) electrons. The van der Waals surface area contributed by atoms with Crippen LogP contribution in [-0.2, 0) is 11.2 Å². The van der Waals surface area contributed by atoms with Crippen LogP contribution in [0.2, 0.25) is 10.0 Å². The van der Waals surface area contributed by atoms with E-state index in [4.69, 9.17) is 23.2 Å². The quantitative estimate of drug-likeness (QED) is 0.845. The lowest BCUT2D eigenvalue weighted by atomic mass is 10.1. The van der Waals surface area contributed by atoms with Gasteiger partial charge in [0.1, 0.15) is 0 Å². The first-order chi connectivity index (χ1) is 10.5. The minimum absolute atomic E-state index is 0.0457. The van der Waals surface area contributed by atoms with Crippen LogP contribution in [0.4, 0.5) is 0 Å². The predicted molar refractivity (Wildman–Crippen MR) is 87.0 cm³/mol. The molecule has 0 saturated heterocycles. The molecule has 0 aromatic heterocycles. The second kappa shape index (κ2) is 7.29. The van der Waals surface area contributed by atoms with Gasteiger partial charge in [-0.3, -0.25) is 20.4 Å². The molecule has 0 saturated carbocycles. The minimum Gasteiger partial charge on any atom is -0.273 e. The number of benzene rings is 2. The second-order valence-corrected chi connectivity index (χ2v) is 5.57. The van der Waals surface area contributed by atoms with E-state index in [0.717, 1.165) is 5.56 Å². The highest BCUT2D eigenvalue weighted by atomic mass is 35.5. The van der Waals surface area contributed by atoms with Crippen LogP contribution in [0.5, 0.6) is 0 Å². The van der Waals surface area contributed by atoms with E-state index in [-0.39, 0.29) is 18.2 Å². The summed E-state index contributed by atoms with van der Waals surface area (Å²) < 4.78 is 0. The first-order valence-electron chi connectivity index (χ1n) is 6.56. The zero-order valence-corrected chi connectivity index (χ0v) is 13.3. The molecule has 4 nitrogen and oxygen atoms in total. The van der Waals surface area contributed by atoms with E-state index in [1.165, 1.54) is 0 Å². The van der Waals surface area contributed by atoms with E-state index < -0.39 is 0 Å².